The van der Waals surface area contributed by atoms with E-state index in [1.165, 1.54) is 0 Å². The van der Waals surface area contributed by atoms with E-state index in [1.54, 1.807) is 12.3 Å². The maximum Gasteiger partial charge on any atom is 0.494 e. The number of fused-ring (bicyclic) bond motifs is 1. The van der Waals surface area contributed by atoms with Crippen molar-refractivity contribution in [2.45, 2.75) is 52.2 Å². The van der Waals surface area contributed by atoms with Crippen molar-refractivity contribution in [3.8, 4) is 0 Å². The van der Waals surface area contributed by atoms with E-state index in [0.717, 1.165) is 22.7 Å². The zero-order valence-electron chi connectivity index (χ0n) is 15.5. The average Bonchev–Trinajstić information content (AvgIpc) is 2.79. The van der Waals surface area contributed by atoms with Crippen LogP contribution in [0.5, 0.6) is 0 Å². The van der Waals surface area contributed by atoms with Gasteiger partial charge in [-0.05, 0) is 56.4 Å². The van der Waals surface area contributed by atoms with Crippen molar-refractivity contribution in [3.05, 3.63) is 36.2 Å². The van der Waals surface area contributed by atoms with Crippen LogP contribution in [0.3, 0.4) is 0 Å². The fraction of sp³-hybridized carbons (Fsp3) is 0.474. The number of nitrogens with zero attached hydrogens (tertiary/aromatic N) is 1. The van der Waals surface area contributed by atoms with E-state index in [2.05, 4.69) is 4.98 Å². The van der Waals surface area contributed by atoms with Gasteiger partial charge in [-0.25, -0.2) is 9.78 Å². The van der Waals surface area contributed by atoms with E-state index in [9.17, 15) is 4.79 Å². The standard InChI is InChI=1S/C19H24BNO4/c1-6-9-23-17(22)16-11-13-7-8-15(10-14(13)12-21-16)20-24-18(2,3)19(4,5)25-20/h7-8,10-12H,6,9H2,1-5H3. The number of carbonyl (C=O) groups excluding carboxylic acids is 1. The summed E-state index contributed by atoms with van der Waals surface area (Å²) in [6.45, 7) is 10.5. The monoisotopic (exact) mass is 341 g/mol. The Morgan fingerprint density at radius 3 is 2.44 bits per heavy atom. The number of ether oxygens (including phenoxy) is 1. The molecule has 1 aromatic heterocycles. The SMILES string of the molecule is CCCOC(=O)c1cc2ccc(B3OC(C)(C)C(C)(C)O3)cc2cn1. The molecular weight excluding hydrogens is 317 g/mol. The summed E-state index contributed by atoms with van der Waals surface area (Å²) in [7, 11) is -0.413. The quantitative estimate of drug-likeness (QED) is 0.632. The molecule has 0 N–H and O–H groups in total. The van der Waals surface area contributed by atoms with Crippen LogP contribution in [0, 0.1) is 0 Å². The smallest absolute Gasteiger partial charge is 0.461 e. The molecular formula is C19H24BNO4. The number of esters is 1. The van der Waals surface area contributed by atoms with Gasteiger partial charge in [0.1, 0.15) is 5.69 Å². The fourth-order valence-electron chi connectivity index (χ4n) is 2.67. The van der Waals surface area contributed by atoms with Gasteiger partial charge in [0.05, 0.1) is 17.8 Å². The Balaban J connectivity index is 1.86. The highest BCUT2D eigenvalue weighted by Crippen LogP contribution is 2.36. The first-order chi connectivity index (χ1) is 11.7. The van der Waals surface area contributed by atoms with Crippen LogP contribution >= 0.6 is 0 Å². The van der Waals surface area contributed by atoms with Crippen molar-refractivity contribution >= 4 is 29.3 Å². The number of hydrogen-bond donors (Lipinski definition) is 0. The van der Waals surface area contributed by atoms with Crippen LogP contribution in [0.15, 0.2) is 30.5 Å². The molecule has 3 rings (SSSR count). The van der Waals surface area contributed by atoms with Gasteiger partial charge in [0, 0.05) is 6.20 Å². The largest absolute Gasteiger partial charge is 0.494 e. The first-order valence-electron chi connectivity index (χ1n) is 8.66. The molecule has 132 valence electrons. The first-order valence-corrected chi connectivity index (χ1v) is 8.66. The summed E-state index contributed by atoms with van der Waals surface area (Å²) >= 11 is 0. The molecule has 25 heavy (non-hydrogen) atoms. The van der Waals surface area contributed by atoms with E-state index in [0.29, 0.717) is 12.3 Å². The van der Waals surface area contributed by atoms with Crippen LogP contribution in [0.4, 0.5) is 0 Å². The minimum Gasteiger partial charge on any atom is -0.461 e. The lowest BCUT2D eigenvalue weighted by molar-refractivity contribution is 0.00578. The highest BCUT2D eigenvalue weighted by Gasteiger charge is 2.51. The number of benzene rings is 1. The summed E-state index contributed by atoms with van der Waals surface area (Å²) < 4.78 is 17.3. The second kappa shape index (κ2) is 6.43. The van der Waals surface area contributed by atoms with E-state index < -0.39 is 13.1 Å². The Hall–Kier alpha value is -1.92. The molecule has 2 aromatic rings. The molecule has 2 heterocycles. The third kappa shape index (κ3) is 3.41. The Morgan fingerprint density at radius 2 is 1.80 bits per heavy atom. The first kappa shape index (κ1) is 17.9. The Morgan fingerprint density at radius 1 is 1.12 bits per heavy atom. The summed E-state index contributed by atoms with van der Waals surface area (Å²) in [5, 5.41) is 1.86. The lowest BCUT2D eigenvalue weighted by Gasteiger charge is -2.32. The molecule has 0 radical (unpaired) electrons. The maximum absolute atomic E-state index is 11.9. The van der Waals surface area contributed by atoms with Crippen LogP contribution in [-0.2, 0) is 14.0 Å². The highest BCUT2D eigenvalue weighted by molar-refractivity contribution is 6.62. The summed E-state index contributed by atoms with van der Waals surface area (Å²) in [6, 6.07) is 7.66. The van der Waals surface area contributed by atoms with Crippen LogP contribution in [0.25, 0.3) is 10.8 Å². The number of pyridine rings is 1. The van der Waals surface area contributed by atoms with Crippen molar-refractivity contribution < 1.29 is 18.8 Å². The van der Waals surface area contributed by atoms with E-state index in [4.69, 9.17) is 14.0 Å². The summed E-state index contributed by atoms with van der Waals surface area (Å²) in [6.07, 6.45) is 2.48. The molecule has 0 amide bonds. The van der Waals surface area contributed by atoms with Crippen LogP contribution < -0.4 is 5.46 Å². The second-order valence-corrected chi connectivity index (χ2v) is 7.40. The van der Waals surface area contributed by atoms with Gasteiger partial charge in [0.2, 0.25) is 0 Å². The lowest BCUT2D eigenvalue weighted by Crippen LogP contribution is -2.41. The van der Waals surface area contributed by atoms with E-state index >= 15 is 0 Å². The minimum atomic E-state index is -0.413. The molecule has 1 fully saturated rings. The zero-order chi connectivity index (χ0) is 18.2. The van der Waals surface area contributed by atoms with Gasteiger partial charge in [-0.3, -0.25) is 0 Å². The van der Waals surface area contributed by atoms with Gasteiger partial charge in [0.15, 0.2) is 0 Å². The molecule has 1 aliphatic rings. The second-order valence-electron chi connectivity index (χ2n) is 7.40. The van der Waals surface area contributed by atoms with Gasteiger partial charge in [0.25, 0.3) is 0 Å². The normalized spacial score (nSPS) is 18.5. The highest BCUT2D eigenvalue weighted by atomic mass is 16.7. The number of hydrogen-bond acceptors (Lipinski definition) is 5. The van der Waals surface area contributed by atoms with Crippen LogP contribution in [-0.4, -0.2) is 35.9 Å². The van der Waals surface area contributed by atoms with E-state index in [1.807, 2.05) is 52.8 Å². The van der Waals surface area contributed by atoms with Gasteiger partial charge in [-0.1, -0.05) is 25.1 Å². The van der Waals surface area contributed by atoms with Crippen molar-refractivity contribution in [1.29, 1.82) is 0 Å². The third-order valence-electron chi connectivity index (χ3n) is 4.92. The van der Waals surface area contributed by atoms with Crippen molar-refractivity contribution in [2.24, 2.45) is 0 Å². The fourth-order valence-corrected chi connectivity index (χ4v) is 2.67. The molecule has 6 heteroatoms. The van der Waals surface area contributed by atoms with Gasteiger partial charge >= 0.3 is 13.1 Å². The summed E-state index contributed by atoms with van der Waals surface area (Å²) in [4.78, 5) is 16.2. The maximum atomic E-state index is 11.9. The topological polar surface area (TPSA) is 57.7 Å². The summed E-state index contributed by atoms with van der Waals surface area (Å²) in [5.41, 5.74) is 0.508. The predicted octanol–water partition coefficient (Wildman–Crippen LogP) is 3.10. The van der Waals surface area contributed by atoms with Crippen LogP contribution in [0.2, 0.25) is 0 Å². The number of carbonyl (C=O) groups is 1. The number of aromatic nitrogens is 1. The molecule has 0 unspecified atom stereocenters. The Kier molecular flexibility index (Phi) is 4.60. The zero-order valence-corrected chi connectivity index (χ0v) is 15.5. The molecule has 0 bridgehead atoms. The predicted molar refractivity (Wildman–Crippen MR) is 98.0 cm³/mol. The third-order valence-corrected chi connectivity index (χ3v) is 4.92. The average molecular weight is 341 g/mol. The Bertz CT molecular complexity index is 787. The molecule has 0 aliphatic carbocycles. The molecule has 1 aliphatic heterocycles. The molecule has 1 aromatic carbocycles. The molecule has 5 nitrogen and oxygen atoms in total. The van der Waals surface area contributed by atoms with Gasteiger partial charge in [-0.2, -0.15) is 0 Å². The molecule has 0 atom stereocenters. The van der Waals surface area contributed by atoms with E-state index in [-0.39, 0.29) is 11.2 Å². The van der Waals surface area contributed by atoms with Crippen LogP contribution in [0.1, 0.15) is 51.5 Å². The summed E-state index contributed by atoms with van der Waals surface area (Å²) in [5.74, 6) is -0.390. The number of rotatable bonds is 4. The van der Waals surface area contributed by atoms with Crippen molar-refractivity contribution in [2.75, 3.05) is 6.61 Å². The van der Waals surface area contributed by atoms with Gasteiger partial charge in [-0.15, -0.1) is 0 Å². The molecule has 1 saturated heterocycles. The van der Waals surface area contributed by atoms with Crippen molar-refractivity contribution in [1.82, 2.24) is 4.98 Å². The molecule has 0 spiro atoms. The van der Waals surface area contributed by atoms with Crippen molar-refractivity contribution in [3.63, 3.8) is 0 Å². The molecule has 0 saturated carbocycles. The lowest BCUT2D eigenvalue weighted by atomic mass is 9.78. The minimum absolute atomic E-state index is 0.323. The van der Waals surface area contributed by atoms with Gasteiger partial charge < -0.3 is 14.0 Å². The Labute approximate surface area is 148 Å².